The monoisotopic (exact) mass is 225 g/mol. The Morgan fingerprint density at radius 1 is 1.42 bits per heavy atom. The van der Waals surface area contributed by atoms with E-state index in [9.17, 15) is 0 Å². The Labute approximate surface area is 78.7 Å². The van der Waals surface area contributed by atoms with Gasteiger partial charge in [0.25, 0.3) is 0 Å². The maximum atomic E-state index is 5.25. The molecule has 0 aliphatic carbocycles. The van der Waals surface area contributed by atoms with Gasteiger partial charge in [-0.25, -0.2) is 4.98 Å². The molecular weight excluding hydrogens is 218 g/mol. The number of hydrogen-bond donors (Lipinski definition) is 0. The van der Waals surface area contributed by atoms with Crippen LogP contribution in [0.3, 0.4) is 0 Å². The summed E-state index contributed by atoms with van der Waals surface area (Å²) in [6.45, 7) is 4.03. The van der Waals surface area contributed by atoms with Crippen LogP contribution in [0.5, 0.6) is 0 Å². The van der Waals surface area contributed by atoms with Gasteiger partial charge >= 0.3 is 0 Å². The molecule has 0 radical (unpaired) electrons. The zero-order valence-electron chi connectivity index (χ0n) is 6.89. The van der Waals surface area contributed by atoms with Crippen LogP contribution in [0.15, 0.2) is 21.3 Å². The van der Waals surface area contributed by atoms with Crippen LogP contribution in [0, 0.1) is 13.8 Å². The molecule has 2 rings (SSSR count). The third kappa shape index (κ3) is 0.966. The summed E-state index contributed by atoms with van der Waals surface area (Å²) >= 11 is 3.47. The number of aryl methyl sites for hydroxylation is 2. The Balaban J connectivity index is 2.97. The normalized spacial score (nSPS) is 10.9. The topological polar surface area (TPSA) is 26.0 Å². The highest BCUT2D eigenvalue weighted by Gasteiger charge is 2.07. The van der Waals surface area contributed by atoms with Gasteiger partial charge in [-0.2, -0.15) is 0 Å². The number of halogens is 1. The maximum Gasteiger partial charge on any atom is 0.182 e. The van der Waals surface area contributed by atoms with Crippen molar-refractivity contribution in [3.05, 3.63) is 28.1 Å². The van der Waals surface area contributed by atoms with Gasteiger partial charge < -0.3 is 4.42 Å². The van der Waals surface area contributed by atoms with Gasteiger partial charge in [-0.15, -0.1) is 0 Å². The van der Waals surface area contributed by atoms with E-state index >= 15 is 0 Å². The quantitative estimate of drug-likeness (QED) is 0.689. The van der Waals surface area contributed by atoms with Crippen LogP contribution < -0.4 is 0 Å². The molecule has 0 spiro atoms. The van der Waals surface area contributed by atoms with Crippen LogP contribution in [0.4, 0.5) is 0 Å². The Hall–Kier alpha value is -0.830. The van der Waals surface area contributed by atoms with Gasteiger partial charge in [0, 0.05) is 4.47 Å². The third-order valence-electron chi connectivity index (χ3n) is 1.98. The summed E-state index contributed by atoms with van der Waals surface area (Å²) in [5.41, 5.74) is 4.07. The first-order chi connectivity index (χ1) is 5.70. The third-order valence-corrected chi connectivity index (χ3v) is 2.81. The lowest BCUT2D eigenvalue weighted by Gasteiger charge is -2.00. The van der Waals surface area contributed by atoms with Crippen molar-refractivity contribution in [3.8, 4) is 0 Å². The average molecular weight is 226 g/mol. The Kier molecular flexibility index (Phi) is 1.68. The number of fused-ring (bicyclic) bond motifs is 1. The van der Waals surface area contributed by atoms with Gasteiger partial charge in [-0.3, -0.25) is 0 Å². The van der Waals surface area contributed by atoms with Gasteiger partial charge in [0.1, 0.15) is 5.52 Å². The first-order valence-electron chi connectivity index (χ1n) is 3.69. The van der Waals surface area contributed by atoms with Crippen LogP contribution in [0.1, 0.15) is 11.1 Å². The Bertz CT molecular complexity index is 433. The molecule has 1 aromatic carbocycles. The summed E-state index contributed by atoms with van der Waals surface area (Å²) in [4.78, 5) is 4.14. The maximum absolute atomic E-state index is 5.25. The lowest BCUT2D eigenvalue weighted by Crippen LogP contribution is -1.82. The van der Waals surface area contributed by atoms with Gasteiger partial charge in [0.15, 0.2) is 12.0 Å². The second-order valence-electron chi connectivity index (χ2n) is 2.83. The van der Waals surface area contributed by atoms with E-state index in [1.54, 1.807) is 0 Å². The number of nitrogens with zero attached hydrogens (tertiary/aromatic N) is 1. The summed E-state index contributed by atoms with van der Waals surface area (Å²) in [6.07, 6.45) is 1.48. The molecule has 0 atom stereocenters. The van der Waals surface area contributed by atoms with Crippen LogP contribution in [-0.2, 0) is 0 Å². The molecule has 0 fully saturated rings. The Morgan fingerprint density at radius 2 is 2.17 bits per heavy atom. The van der Waals surface area contributed by atoms with Crippen LogP contribution in [0.25, 0.3) is 11.1 Å². The average Bonchev–Trinajstić information content (AvgIpc) is 2.48. The molecule has 2 nitrogen and oxygen atoms in total. The number of aromatic nitrogens is 1. The van der Waals surface area contributed by atoms with E-state index in [1.807, 2.05) is 19.9 Å². The van der Waals surface area contributed by atoms with Crippen molar-refractivity contribution in [3.63, 3.8) is 0 Å². The predicted octanol–water partition coefficient (Wildman–Crippen LogP) is 3.21. The molecule has 62 valence electrons. The second kappa shape index (κ2) is 2.59. The molecule has 1 heterocycles. The molecule has 1 aromatic heterocycles. The SMILES string of the molecule is Cc1c(Br)cc(C)c2ocnc12. The fourth-order valence-corrected chi connectivity index (χ4v) is 1.80. The number of hydrogen-bond acceptors (Lipinski definition) is 2. The van der Waals surface area contributed by atoms with E-state index in [0.717, 1.165) is 26.7 Å². The molecule has 3 heteroatoms. The predicted molar refractivity (Wildman–Crippen MR) is 51.2 cm³/mol. The van der Waals surface area contributed by atoms with E-state index in [1.165, 1.54) is 6.39 Å². The van der Waals surface area contributed by atoms with Crippen molar-refractivity contribution >= 4 is 27.0 Å². The number of rotatable bonds is 0. The molecule has 12 heavy (non-hydrogen) atoms. The molecule has 0 amide bonds. The van der Waals surface area contributed by atoms with E-state index in [0.29, 0.717) is 0 Å². The van der Waals surface area contributed by atoms with Gasteiger partial charge in [0.05, 0.1) is 0 Å². The highest BCUT2D eigenvalue weighted by molar-refractivity contribution is 9.10. The lowest BCUT2D eigenvalue weighted by molar-refractivity contribution is 0.600. The van der Waals surface area contributed by atoms with Crippen molar-refractivity contribution in [2.75, 3.05) is 0 Å². The summed E-state index contributed by atoms with van der Waals surface area (Å²) < 4.78 is 6.34. The molecule has 0 N–H and O–H groups in total. The molecule has 0 aliphatic heterocycles. The van der Waals surface area contributed by atoms with Gasteiger partial charge in [0.2, 0.25) is 0 Å². The van der Waals surface area contributed by atoms with Gasteiger partial charge in [-0.05, 0) is 31.0 Å². The van der Waals surface area contributed by atoms with E-state index in [2.05, 4.69) is 20.9 Å². The van der Waals surface area contributed by atoms with E-state index < -0.39 is 0 Å². The van der Waals surface area contributed by atoms with Crippen molar-refractivity contribution in [1.82, 2.24) is 4.98 Å². The molecule has 0 unspecified atom stereocenters. The lowest BCUT2D eigenvalue weighted by atomic mass is 10.1. The summed E-state index contributed by atoms with van der Waals surface area (Å²) in [5, 5.41) is 0. The van der Waals surface area contributed by atoms with Gasteiger partial charge in [-0.1, -0.05) is 15.9 Å². The van der Waals surface area contributed by atoms with Crippen LogP contribution in [-0.4, -0.2) is 4.98 Å². The fourth-order valence-electron chi connectivity index (χ4n) is 1.27. The minimum atomic E-state index is 0.885. The van der Waals surface area contributed by atoms with E-state index in [-0.39, 0.29) is 0 Å². The van der Waals surface area contributed by atoms with Crippen molar-refractivity contribution in [1.29, 1.82) is 0 Å². The van der Waals surface area contributed by atoms with Crippen molar-refractivity contribution < 1.29 is 4.42 Å². The standard InChI is InChI=1S/C9H8BrNO/c1-5-3-7(10)6(2)8-9(5)12-4-11-8/h3-4H,1-2H3. The van der Waals surface area contributed by atoms with E-state index in [4.69, 9.17) is 4.42 Å². The molecular formula is C9H8BrNO. The minimum absolute atomic E-state index is 0.885. The van der Waals surface area contributed by atoms with Crippen molar-refractivity contribution in [2.24, 2.45) is 0 Å². The number of oxazole rings is 1. The smallest absolute Gasteiger partial charge is 0.182 e. The number of benzene rings is 1. The van der Waals surface area contributed by atoms with Crippen LogP contribution >= 0.6 is 15.9 Å². The van der Waals surface area contributed by atoms with Crippen LogP contribution in [0.2, 0.25) is 0 Å². The highest BCUT2D eigenvalue weighted by atomic mass is 79.9. The molecule has 2 aromatic rings. The molecule has 0 aliphatic rings. The summed E-state index contributed by atoms with van der Waals surface area (Å²) in [7, 11) is 0. The fraction of sp³-hybridized carbons (Fsp3) is 0.222. The zero-order chi connectivity index (χ0) is 8.72. The first kappa shape index (κ1) is 7.80. The molecule has 0 saturated heterocycles. The second-order valence-corrected chi connectivity index (χ2v) is 3.68. The first-order valence-corrected chi connectivity index (χ1v) is 4.48. The zero-order valence-corrected chi connectivity index (χ0v) is 8.47. The molecule has 0 bridgehead atoms. The highest BCUT2D eigenvalue weighted by Crippen LogP contribution is 2.27. The minimum Gasteiger partial charge on any atom is -0.443 e. The largest absolute Gasteiger partial charge is 0.443 e. The Morgan fingerprint density at radius 3 is 2.92 bits per heavy atom. The van der Waals surface area contributed by atoms with Crippen molar-refractivity contribution in [2.45, 2.75) is 13.8 Å². The summed E-state index contributed by atoms with van der Waals surface area (Å²) in [5.74, 6) is 0. The molecule has 0 saturated carbocycles. The summed E-state index contributed by atoms with van der Waals surface area (Å²) in [6, 6.07) is 2.04.